The molecule has 2 unspecified atom stereocenters. The number of furan rings is 1. The van der Waals surface area contributed by atoms with Crippen LogP contribution in [0.5, 0.6) is 0 Å². The molecule has 0 aromatic carbocycles. The Morgan fingerprint density at radius 1 is 1.40 bits per heavy atom. The largest absolute Gasteiger partial charge is 0.463 e. The first-order valence-electron chi connectivity index (χ1n) is 6.55. The summed E-state index contributed by atoms with van der Waals surface area (Å²) < 4.78 is 10.1. The van der Waals surface area contributed by atoms with Crippen molar-refractivity contribution in [2.24, 2.45) is 0 Å². The van der Waals surface area contributed by atoms with Gasteiger partial charge in [0.15, 0.2) is 0 Å². The molecule has 2 rings (SSSR count). The van der Waals surface area contributed by atoms with Crippen LogP contribution in [0.2, 0.25) is 0 Å². The SMILES string of the molecule is COC(=O)c1ccc(C(C)NC(C)Cc2ccsc2)o1. The topological polar surface area (TPSA) is 51.5 Å². The molecule has 108 valence electrons. The monoisotopic (exact) mass is 293 g/mol. The Kier molecular flexibility index (Phi) is 4.98. The molecule has 0 aliphatic rings. The van der Waals surface area contributed by atoms with Crippen LogP contribution in [0.15, 0.2) is 33.4 Å². The number of hydrogen-bond acceptors (Lipinski definition) is 5. The highest BCUT2D eigenvalue weighted by atomic mass is 32.1. The van der Waals surface area contributed by atoms with Crippen LogP contribution in [0.4, 0.5) is 0 Å². The van der Waals surface area contributed by atoms with Gasteiger partial charge in [-0.05, 0) is 54.8 Å². The average Bonchev–Trinajstić information content (AvgIpc) is 3.08. The number of carbonyl (C=O) groups excluding carboxylic acids is 1. The molecule has 2 atom stereocenters. The Labute approximate surface area is 122 Å². The van der Waals surface area contributed by atoms with Gasteiger partial charge in [-0.3, -0.25) is 0 Å². The summed E-state index contributed by atoms with van der Waals surface area (Å²) in [7, 11) is 1.34. The van der Waals surface area contributed by atoms with Crippen LogP contribution in [0.25, 0.3) is 0 Å². The van der Waals surface area contributed by atoms with Crippen molar-refractivity contribution in [1.29, 1.82) is 0 Å². The maximum absolute atomic E-state index is 11.3. The van der Waals surface area contributed by atoms with Gasteiger partial charge in [-0.2, -0.15) is 11.3 Å². The molecule has 2 heterocycles. The minimum absolute atomic E-state index is 0.0436. The van der Waals surface area contributed by atoms with E-state index in [1.165, 1.54) is 12.7 Å². The van der Waals surface area contributed by atoms with E-state index >= 15 is 0 Å². The molecule has 0 saturated heterocycles. The van der Waals surface area contributed by atoms with E-state index in [1.807, 2.05) is 6.92 Å². The summed E-state index contributed by atoms with van der Waals surface area (Å²) in [6, 6.07) is 5.95. The lowest BCUT2D eigenvalue weighted by molar-refractivity contribution is 0.0562. The molecule has 20 heavy (non-hydrogen) atoms. The fraction of sp³-hybridized carbons (Fsp3) is 0.400. The lowest BCUT2D eigenvalue weighted by Crippen LogP contribution is -2.30. The third kappa shape index (κ3) is 3.71. The van der Waals surface area contributed by atoms with E-state index in [0.717, 1.165) is 12.2 Å². The van der Waals surface area contributed by atoms with Crippen molar-refractivity contribution in [2.75, 3.05) is 7.11 Å². The number of carbonyl (C=O) groups is 1. The lowest BCUT2D eigenvalue weighted by Gasteiger charge is -2.18. The molecule has 5 heteroatoms. The molecule has 0 fully saturated rings. The zero-order chi connectivity index (χ0) is 14.5. The van der Waals surface area contributed by atoms with Gasteiger partial charge >= 0.3 is 5.97 Å². The number of methoxy groups -OCH3 is 1. The van der Waals surface area contributed by atoms with Gasteiger partial charge in [-0.15, -0.1) is 0 Å². The molecule has 2 aromatic rings. The quantitative estimate of drug-likeness (QED) is 0.829. The highest BCUT2D eigenvalue weighted by Crippen LogP contribution is 2.18. The minimum atomic E-state index is -0.449. The van der Waals surface area contributed by atoms with E-state index in [9.17, 15) is 4.79 Å². The van der Waals surface area contributed by atoms with Crippen LogP contribution in [0.3, 0.4) is 0 Å². The number of hydrogen-bond donors (Lipinski definition) is 1. The van der Waals surface area contributed by atoms with Gasteiger partial charge in [0.25, 0.3) is 0 Å². The molecule has 0 aliphatic carbocycles. The second-order valence-electron chi connectivity index (χ2n) is 4.82. The van der Waals surface area contributed by atoms with E-state index in [-0.39, 0.29) is 11.8 Å². The highest BCUT2D eigenvalue weighted by molar-refractivity contribution is 7.07. The van der Waals surface area contributed by atoms with Gasteiger partial charge in [-0.25, -0.2) is 4.79 Å². The van der Waals surface area contributed by atoms with E-state index < -0.39 is 5.97 Å². The molecule has 0 amide bonds. The first-order chi connectivity index (χ1) is 9.60. The smallest absolute Gasteiger partial charge is 0.373 e. The average molecular weight is 293 g/mol. The summed E-state index contributed by atoms with van der Waals surface area (Å²) in [4.78, 5) is 11.3. The summed E-state index contributed by atoms with van der Waals surface area (Å²) >= 11 is 1.71. The number of nitrogens with one attached hydrogen (secondary N) is 1. The van der Waals surface area contributed by atoms with Crippen LogP contribution >= 0.6 is 11.3 Å². The molecule has 0 bridgehead atoms. The predicted molar refractivity (Wildman–Crippen MR) is 79.1 cm³/mol. The zero-order valence-corrected chi connectivity index (χ0v) is 12.7. The maximum atomic E-state index is 11.3. The van der Waals surface area contributed by atoms with Crippen LogP contribution in [-0.4, -0.2) is 19.1 Å². The van der Waals surface area contributed by atoms with Gasteiger partial charge in [0.2, 0.25) is 5.76 Å². The second-order valence-corrected chi connectivity index (χ2v) is 5.60. The Balaban J connectivity index is 1.92. The van der Waals surface area contributed by atoms with E-state index in [2.05, 4.69) is 33.8 Å². The molecule has 2 aromatic heterocycles. The Hall–Kier alpha value is -1.59. The van der Waals surface area contributed by atoms with Crippen molar-refractivity contribution in [1.82, 2.24) is 5.32 Å². The van der Waals surface area contributed by atoms with Gasteiger partial charge in [0.1, 0.15) is 5.76 Å². The second kappa shape index (κ2) is 6.72. The highest BCUT2D eigenvalue weighted by Gasteiger charge is 2.16. The number of thiophene rings is 1. The Morgan fingerprint density at radius 3 is 2.85 bits per heavy atom. The summed E-state index contributed by atoms with van der Waals surface area (Å²) in [6.45, 7) is 4.16. The molecule has 4 nitrogen and oxygen atoms in total. The first kappa shape index (κ1) is 14.8. The zero-order valence-electron chi connectivity index (χ0n) is 11.9. The van der Waals surface area contributed by atoms with Crippen molar-refractivity contribution in [3.05, 3.63) is 46.0 Å². The van der Waals surface area contributed by atoms with Crippen molar-refractivity contribution in [3.63, 3.8) is 0 Å². The van der Waals surface area contributed by atoms with Gasteiger partial charge in [0.05, 0.1) is 13.2 Å². The maximum Gasteiger partial charge on any atom is 0.373 e. The molecular formula is C15H19NO3S. The predicted octanol–water partition coefficient (Wildman–Crippen LogP) is 3.41. The fourth-order valence-electron chi connectivity index (χ4n) is 2.13. The van der Waals surface area contributed by atoms with E-state index in [0.29, 0.717) is 6.04 Å². The fourth-order valence-corrected chi connectivity index (χ4v) is 2.81. The van der Waals surface area contributed by atoms with Crippen LogP contribution < -0.4 is 5.32 Å². The van der Waals surface area contributed by atoms with Crippen molar-refractivity contribution in [3.8, 4) is 0 Å². The van der Waals surface area contributed by atoms with Crippen molar-refractivity contribution >= 4 is 17.3 Å². The van der Waals surface area contributed by atoms with Crippen molar-refractivity contribution < 1.29 is 13.9 Å². The van der Waals surface area contributed by atoms with Crippen LogP contribution in [0.1, 0.15) is 41.8 Å². The van der Waals surface area contributed by atoms with Gasteiger partial charge < -0.3 is 14.5 Å². The van der Waals surface area contributed by atoms with Crippen LogP contribution in [-0.2, 0) is 11.2 Å². The third-order valence-corrected chi connectivity index (χ3v) is 3.83. The van der Waals surface area contributed by atoms with E-state index in [1.54, 1.807) is 23.5 Å². The summed E-state index contributed by atoms with van der Waals surface area (Å²) in [5.41, 5.74) is 1.33. The van der Waals surface area contributed by atoms with Crippen LogP contribution in [0, 0.1) is 0 Å². The number of ether oxygens (including phenoxy) is 1. The number of rotatable bonds is 6. The third-order valence-electron chi connectivity index (χ3n) is 3.10. The standard InChI is InChI=1S/C15H19NO3S/c1-10(8-12-6-7-20-9-12)16-11(2)13-4-5-14(19-13)15(17)18-3/h4-7,9-11,16H,8H2,1-3H3. The van der Waals surface area contributed by atoms with E-state index in [4.69, 9.17) is 4.42 Å². The molecule has 0 aliphatic heterocycles. The first-order valence-corrected chi connectivity index (χ1v) is 7.49. The Morgan fingerprint density at radius 2 is 2.20 bits per heavy atom. The number of esters is 1. The molecule has 0 spiro atoms. The lowest BCUT2D eigenvalue weighted by atomic mass is 10.1. The summed E-state index contributed by atoms with van der Waals surface area (Å²) in [5, 5.41) is 7.71. The van der Waals surface area contributed by atoms with Gasteiger partial charge in [-0.1, -0.05) is 0 Å². The summed E-state index contributed by atoms with van der Waals surface area (Å²) in [6.07, 6.45) is 0.971. The molecule has 0 radical (unpaired) electrons. The minimum Gasteiger partial charge on any atom is -0.463 e. The molecule has 0 saturated carbocycles. The molecule has 1 N–H and O–H groups in total. The van der Waals surface area contributed by atoms with Crippen molar-refractivity contribution in [2.45, 2.75) is 32.4 Å². The summed E-state index contributed by atoms with van der Waals surface area (Å²) in [5.74, 6) is 0.527. The Bertz CT molecular complexity index is 547. The van der Waals surface area contributed by atoms with Gasteiger partial charge in [0, 0.05) is 6.04 Å². The molecular weight excluding hydrogens is 274 g/mol. The normalized spacial score (nSPS) is 13.9.